The number of aryl methyl sites for hydroxylation is 1. The molecule has 1 aromatic carbocycles. The lowest BCUT2D eigenvalue weighted by atomic mass is 10.1. The second-order valence-corrected chi connectivity index (χ2v) is 7.29. The molecule has 1 N–H and O–H groups in total. The van der Waals surface area contributed by atoms with Crippen molar-refractivity contribution < 1.29 is 9.59 Å². The quantitative estimate of drug-likeness (QED) is 0.802. The van der Waals surface area contributed by atoms with Crippen LogP contribution in [0.5, 0.6) is 0 Å². The van der Waals surface area contributed by atoms with Gasteiger partial charge in [0.1, 0.15) is 0 Å². The Kier molecular flexibility index (Phi) is 7.07. The van der Waals surface area contributed by atoms with E-state index in [1.54, 1.807) is 11.0 Å². The van der Waals surface area contributed by atoms with E-state index in [0.717, 1.165) is 10.0 Å². The molecular formula is C17H25BrN2O2. The Balaban J connectivity index is 2.82. The molecule has 0 aliphatic rings. The van der Waals surface area contributed by atoms with E-state index in [1.807, 2.05) is 46.8 Å². The van der Waals surface area contributed by atoms with E-state index >= 15 is 0 Å². The molecule has 0 aliphatic carbocycles. The van der Waals surface area contributed by atoms with Crippen LogP contribution in [0.1, 0.15) is 33.3 Å². The molecule has 0 saturated heterocycles. The van der Waals surface area contributed by atoms with Crippen LogP contribution in [-0.4, -0.2) is 29.8 Å². The van der Waals surface area contributed by atoms with E-state index in [1.165, 1.54) is 0 Å². The molecule has 0 aromatic heterocycles. The van der Waals surface area contributed by atoms with Gasteiger partial charge in [0.2, 0.25) is 0 Å². The Hall–Kier alpha value is -1.36. The summed E-state index contributed by atoms with van der Waals surface area (Å²) in [5, 5.41) is 2.69. The molecule has 122 valence electrons. The van der Waals surface area contributed by atoms with Crippen LogP contribution in [0.2, 0.25) is 0 Å². The lowest BCUT2D eigenvalue weighted by molar-refractivity contribution is -0.143. The maximum absolute atomic E-state index is 12.4. The molecule has 0 aliphatic heterocycles. The predicted molar refractivity (Wildman–Crippen MR) is 93.8 cm³/mol. The number of hydrogen-bond donors (Lipinski definition) is 1. The SMILES string of the molecule is Cc1ccc(NC(=O)C(=O)N(CC(C)C)CC(C)C)c(Br)c1. The van der Waals surface area contributed by atoms with Gasteiger partial charge in [-0.05, 0) is 52.4 Å². The fourth-order valence-electron chi connectivity index (χ4n) is 2.16. The van der Waals surface area contributed by atoms with Crippen LogP contribution < -0.4 is 5.32 Å². The van der Waals surface area contributed by atoms with Gasteiger partial charge in [-0.25, -0.2) is 0 Å². The monoisotopic (exact) mass is 368 g/mol. The number of benzene rings is 1. The second-order valence-electron chi connectivity index (χ2n) is 6.44. The van der Waals surface area contributed by atoms with Gasteiger partial charge in [-0.2, -0.15) is 0 Å². The summed E-state index contributed by atoms with van der Waals surface area (Å²) in [6.07, 6.45) is 0. The van der Waals surface area contributed by atoms with Crippen molar-refractivity contribution in [1.82, 2.24) is 4.90 Å². The smallest absolute Gasteiger partial charge is 0.313 e. The van der Waals surface area contributed by atoms with Crippen LogP contribution in [0.25, 0.3) is 0 Å². The highest BCUT2D eigenvalue weighted by Gasteiger charge is 2.23. The van der Waals surface area contributed by atoms with E-state index in [2.05, 4.69) is 21.2 Å². The summed E-state index contributed by atoms with van der Waals surface area (Å²) in [7, 11) is 0. The highest BCUT2D eigenvalue weighted by Crippen LogP contribution is 2.23. The Morgan fingerprint density at radius 3 is 2.14 bits per heavy atom. The minimum absolute atomic E-state index is 0.321. The van der Waals surface area contributed by atoms with Crippen LogP contribution >= 0.6 is 15.9 Å². The van der Waals surface area contributed by atoms with Gasteiger partial charge in [0.15, 0.2) is 0 Å². The van der Waals surface area contributed by atoms with Crippen LogP contribution in [0.15, 0.2) is 22.7 Å². The average molecular weight is 369 g/mol. The summed E-state index contributed by atoms with van der Waals surface area (Å²) >= 11 is 3.40. The third-order valence-corrected chi connectivity index (χ3v) is 3.68. The fourth-order valence-corrected chi connectivity index (χ4v) is 2.76. The molecule has 0 bridgehead atoms. The summed E-state index contributed by atoms with van der Waals surface area (Å²) in [6, 6.07) is 5.59. The zero-order valence-electron chi connectivity index (χ0n) is 13.9. The molecule has 0 spiro atoms. The molecule has 2 amide bonds. The van der Waals surface area contributed by atoms with E-state index in [9.17, 15) is 9.59 Å². The van der Waals surface area contributed by atoms with Gasteiger partial charge in [-0.15, -0.1) is 0 Å². The van der Waals surface area contributed by atoms with Gasteiger partial charge in [0, 0.05) is 17.6 Å². The van der Waals surface area contributed by atoms with Crippen LogP contribution in [-0.2, 0) is 9.59 Å². The van der Waals surface area contributed by atoms with Crippen molar-refractivity contribution in [1.29, 1.82) is 0 Å². The van der Waals surface area contributed by atoms with Crippen molar-refractivity contribution in [2.75, 3.05) is 18.4 Å². The zero-order valence-corrected chi connectivity index (χ0v) is 15.5. The second kappa shape index (κ2) is 8.32. The first-order valence-corrected chi connectivity index (χ1v) is 8.36. The third-order valence-electron chi connectivity index (χ3n) is 3.03. The molecule has 0 fully saturated rings. The summed E-state index contributed by atoms with van der Waals surface area (Å²) in [4.78, 5) is 26.3. The van der Waals surface area contributed by atoms with Gasteiger partial charge in [-0.3, -0.25) is 9.59 Å². The first-order valence-electron chi connectivity index (χ1n) is 7.57. The lowest BCUT2D eigenvalue weighted by Gasteiger charge is -2.25. The molecule has 4 nitrogen and oxygen atoms in total. The van der Waals surface area contributed by atoms with Crippen LogP contribution in [0.3, 0.4) is 0 Å². The maximum atomic E-state index is 12.4. The maximum Gasteiger partial charge on any atom is 0.313 e. The molecule has 0 heterocycles. The molecule has 0 saturated carbocycles. The number of rotatable bonds is 5. The molecule has 5 heteroatoms. The zero-order chi connectivity index (χ0) is 16.9. The molecule has 0 atom stereocenters. The van der Waals surface area contributed by atoms with Crippen molar-refractivity contribution >= 4 is 33.4 Å². The Morgan fingerprint density at radius 1 is 1.14 bits per heavy atom. The number of nitrogens with zero attached hydrogens (tertiary/aromatic N) is 1. The topological polar surface area (TPSA) is 49.4 Å². The minimum atomic E-state index is -0.592. The minimum Gasteiger partial charge on any atom is -0.334 e. The number of amides is 2. The van der Waals surface area contributed by atoms with Gasteiger partial charge >= 0.3 is 11.8 Å². The summed E-state index contributed by atoms with van der Waals surface area (Å²) < 4.78 is 0.771. The van der Waals surface area contributed by atoms with E-state index < -0.39 is 11.8 Å². The number of anilines is 1. The van der Waals surface area contributed by atoms with Gasteiger partial charge in [0.25, 0.3) is 0 Å². The number of carbonyl (C=O) groups is 2. The number of hydrogen-bond acceptors (Lipinski definition) is 2. The molecular weight excluding hydrogens is 344 g/mol. The number of carbonyl (C=O) groups excluding carboxylic acids is 2. The summed E-state index contributed by atoms with van der Waals surface area (Å²) in [5.41, 5.74) is 1.69. The highest BCUT2D eigenvalue weighted by atomic mass is 79.9. The third kappa shape index (κ3) is 5.79. The highest BCUT2D eigenvalue weighted by molar-refractivity contribution is 9.10. The lowest BCUT2D eigenvalue weighted by Crippen LogP contribution is -2.43. The standard InChI is InChI=1S/C17H25BrN2O2/c1-11(2)9-20(10-12(3)4)17(22)16(21)19-15-7-6-13(5)8-14(15)18/h6-8,11-12H,9-10H2,1-5H3,(H,19,21). The van der Waals surface area contributed by atoms with Crippen LogP contribution in [0, 0.1) is 18.8 Å². The van der Waals surface area contributed by atoms with Crippen molar-refractivity contribution in [3.63, 3.8) is 0 Å². The van der Waals surface area contributed by atoms with Gasteiger partial charge in [0.05, 0.1) is 5.69 Å². The predicted octanol–water partition coefficient (Wildman–Crippen LogP) is 3.84. The number of halogens is 1. The first-order chi connectivity index (χ1) is 10.2. The van der Waals surface area contributed by atoms with Crippen molar-refractivity contribution in [3.05, 3.63) is 28.2 Å². The van der Waals surface area contributed by atoms with E-state index in [4.69, 9.17) is 0 Å². The Morgan fingerprint density at radius 2 is 1.68 bits per heavy atom. The first kappa shape index (κ1) is 18.7. The molecule has 0 unspecified atom stereocenters. The largest absolute Gasteiger partial charge is 0.334 e. The summed E-state index contributed by atoms with van der Waals surface area (Å²) in [5.74, 6) is -0.427. The van der Waals surface area contributed by atoms with Crippen molar-refractivity contribution in [2.24, 2.45) is 11.8 Å². The van der Waals surface area contributed by atoms with Crippen LogP contribution in [0.4, 0.5) is 5.69 Å². The average Bonchev–Trinajstić information content (AvgIpc) is 2.39. The molecule has 0 radical (unpaired) electrons. The van der Waals surface area contributed by atoms with Crippen molar-refractivity contribution in [2.45, 2.75) is 34.6 Å². The normalized spacial score (nSPS) is 10.9. The van der Waals surface area contributed by atoms with Gasteiger partial charge in [-0.1, -0.05) is 33.8 Å². The fraction of sp³-hybridized carbons (Fsp3) is 0.529. The van der Waals surface area contributed by atoms with Gasteiger partial charge < -0.3 is 10.2 Å². The molecule has 22 heavy (non-hydrogen) atoms. The van der Waals surface area contributed by atoms with Crippen molar-refractivity contribution in [3.8, 4) is 0 Å². The summed E-state index contributed by atoms with van der Waals surface area (Å²) in [6.45, 7) is 11.3. The van der Waals surface area contributed by atoms with E-state index in [0.29, 0.717) is 30.6 Å². The molecule has 1 rings (SSSR count). The molecule has 1 aromatic rings. The number of nitrogens with one attached hydrogen (secondary N) is 1. The Bertz CT molecular complexity index is 531. The van der Waals surface area contributed by atoms with E-state index in [-0.39, 0.29) is 0 Å². The Labute approximate surface area is 141 Å².